The quantitative estimate of drug-likeness (QED) is 0.830. The van der Waals surface area contributed by atoms with Crippen molar-refractivity contribution in [3.63, 3.8) is 0 Å². The molecule has 4 nitrogen and oxygen atoms in total. The number of amides is 1. The van der Waals surface area contributed by atoms with Crippen LogP contribution in [0.15, 0.2) is 24.3 Å². The van der Waals surface area contributed by atoms with Gasteiger partial charge in [-0.1, -0.05) is 24.8 Å². The largest absolute Gasteiger partial charge is 0.384 e. The third kappa shape index (κ3) is 4.59. The van der Waals surface area contributed by atoms with Crippen molar-refractivity contribution < 1.29 is 14.6 Å². The maximum Gasteiger partial charge on any atom is 0.251 e. The average molecular weight is 287 g/mol. The highest BCUT2D eigenvalue weighted by atomic mass is 16.5. The minimum absolute atomic E-state index is 0.0876. The monoisotopic (exact) mass is 287 g/mol. The molecule has 1 fully saturated rings. The Hall–Kier alpha value is -1.83. The molecule has 2 N–H and O–H groups in total. The maximum atomic E-state index is 12.2. The fourth-order valence-corrected chi connectivity index (χ4v) is 2.32. The van der Waals surface area contributed by atoms with Crippen molar-refractivity contribution in [2.45, 2.75) is 19.8 Å². The van der Waals surface area contributed by atoms with Gasteiger partial charge in [0.1, 0.15) is 6.61 Å². The molecule has 0 radical (unpaired) electrons. The molecule has 21 heavy (non-hydrogen) atoms. The van der Waals surface area contributed by atoms with E-state index < -0.39 is 0 Å². The minimum atomic E-state index is -0.184. The first-order valence-corrected chi connectivity index (χ1v) is 7.19. The van der Waals surface area contributed by atoms with Crippen molar-refractivity contribution in [2.24, 2.45) is 5.41 Å². The molecule has 0 atom stereocenters. The summed E-state index contributed by atoms with van der Waals surface area (Å²) < 4.78 is 5.36. The van der Waals surface area contributed by atoms with E-state index in [4.69, 9.17) is 9.84 Å². The predicted molar refractivity (Wildman–Crippen MR) is 80.9 cm³/mol. The van der Waals surface area contributed by atoms with E-state index in [1.165, 1.54) is 0 Å². The van der Waals surface area contributed by atoms with E-state index in [9.17, 15) is 4.79 Å². The summed E-state index contributed by atoms with van der Waals surface area (Å²) in [5, 5.41) is 11.7. The second-order valence-corrected chi connectivity index (χ2v) is 5.65. The standard InChI is InChI=1S/C17H21NO3/c1-17(7-10-21-11-8-17)13-18-16(20)15-6-2-4-14(12-15)5-3-9-19/h2,4,6,12,19H,7-11,13H2,1H3,(H,18,20). The smallest absolute Gasteiger partial charge is 0.251 e. The van der Waals surface area contributed by atoms with Gasteiger partial charge in [-0.05, 0) is 36.5 Å². The second kappa shape index (κ2) is 7.26. The zero-order valence-corrected chi connectivity index (χ0v) is 12.3. The summed E-state index contributed by atoms with van der Waals surface area (Å²) in [4.78, 5) is 12.2. The summed E-state index contributed by atoms with van der Waals surface area (Å²) in [6.07, 6.45) is 1.94. The van der Waals surface area contributed by atoms with Crippen LogP contribution in [0.4, 0.5) is 0 Å². The van der Waals surface area contributed by atoms with Crippen LogP contribution < -0.4 is 5.32 Å². The Kier molecular flexibility index (Phi) is 5.38. The molecular weight excluding hydrogens is 266 g/mol. The Morgan fingerprint density at radius 2 is 2.19 bits per heavy atom. The number of carbonyl (C=O) groups excluding carboxylic acids is 1. The second-order valence-electron chi connectivity index (χ2n) is 5.65. The van der Waals surface area contributed by atoms with Crippen molar-refractivity contribution in [3.05, 3.63) is 35.4 Å². The minimum Gasteiger partial charge on any atom is -0.384 e. The lowest BCUT2D eigenvalue weighted by molar-refractivity contribution is 0.0238. The van der Waals surface area contributed by atoms with Crippen LogP contribution in [0.3, 0.4) is 0 Å². The number of benzene rings is 1. The molecule has 1 heterocycles. The summed E-state index contributed by atoms with van der Waals surface area (Å²) in [6.45, 7) is 4.18. The molecule has 0 spiro atoms. The number of carbonyl (C=O) groups is 1. The van der Waals surface area contributed by atoms with Gasteiger partial charge in [-0.3, -0.25) is 4.79 Å². The van der Waals surface area contributed by atoms with Gasteiger partial charge >= 0.3 is 0 Å². The van der Waals surface area contributed by atoms with Crippen LogP contribution in [0.5, 0.6) is 0 Å². The van der Waals surface area contributed by atoms with Gasteiger partial charge in [0, 0.05) is 30.9 Å². The molecule has 0 saturated carbocycles. The molecule has 0 unspecified atom stereocenters. The average Bonchev–Trinajstić information content (AvgIpc) is 2.52. The molecule has 1 amide bonds. The molecule has 1 aliphatic heterocycles. The number of nitrogens with one attached hydrogen (secondary N) is 1. The molecule has 1 aromatic carbocycles. The summed E-state index contributed by atoms with van der Waals surface area (Å²) >= 11 is 0. The Labute approximate surface area is 125 Å². The van der Waals surface area contributed by atoms with Gasteiger partial charge in [-0.2, -0.15) is 0 Å². The lowest BCUT2D eigenvalue weighted by Gasteiger charge is -2.33. The van der Waals surface area contributed by atoms with Crippen molar-refractivity contribution in [3.8, 4) is 11.8 Å². The Morgan fingerprint density at radius 1 is 1.43 bits per heavy atom. The van der Waals surface area contributed by atoms with Gasteiger partial charge in [-0.25, -0.2) is 0 Å². The number of rotatable bonds is 3. The SMILES string of the molecule is CC1(CNC(=O)c2cccc(C#CCO)c2)CCOCC1. The van der Waals surface area contributed by atoms with Crippen LogP contribution in [0.1, 0.15) is 35.7 Å². The predicted octanol–water partition coefficient (Wildman–Crippen LogP) is 1.58. The molecule has 112 valence electrons. The first-order valence-electron chi connectivity index (χ1n) is 7.19. The summed E-state index contributed by atoms with van der Waals surface area (Å²) in [5.74, 6) is 5.30. The van der Waals surface area contributed by atoms with Gasteiger partial charge in [0.25, 0.3) is 5.91 Å². The lowest BCUT2D eigenvalue weighted by atomic mass is 9.82. The number of aliphatic hydroxyl groups excluding tert-OH is 1. The van der Waals surface area contributed by atoms with Crippen LogP contribution in [-0.2, 0) is 4.74 Å². The zero-order chi connectivity index (χ0) is 15.1. The van der Waals surface area contributed by atoms with E-state index in [1.54, 1.807) is 18.2 Å². The van der Waals surface area contributed by atoms with Gasteiger partial charge in [-0.15, -0.1) is 0 Å². The van der Waals surface area contributed by atoms with Crippen LogP contribution >= 0.6 is 0 Å². The number of ether oxygens (including phenoxy) is 1. The number of aliphatic hydroxyl groups is 1. The van der Waals surface area contributed by atoms with E-state index in [-0.39, 0.29) is 17.9 Å². The summed E-state index contributed by atoms with van der Waals surface area (Å²) in [5.41, 5.74) is 1.44. The normalized spacial score (nSPS) is 16.7. The highest BCUT2D eigenvalue weighted by Gasteiger charge is 2.27. The summed E-state index contributed by atoms with van der Waals surface area (Å²) in [6, 6.07) is 7.13. The van der Waals surface area contributed by atoms with Crippen LogP contribution in [0, 0.1) is 17.3 Å². The third-order valence-corrected chi connectivity index (χ3v) is 3.81. The van der Waals surface area contributed by atoms with Crippen LogP contribution in [-0.4, -0.2) is 37.4 Å². The molecule has 0 bridgehead atoms. The van der Waals surface area contributed by atoms with Crippen molar-refractivity contribution in [2.75, 3.05) is 26.4 Å². The topological polar surface area (TPSA) is 58.6 Å². The van der Waals surface area contributed by atoms with E-state index in [1.807, 2.05) is 6.07 Å². The highest BCUT2D eigenvalue weighted by molar-refractivity contribution is 5.94. The van der Waals surface area contributed by atoms with E-state index >= 15 is 0 Å². The molecule has 2 rings (SSSR count). The molecule has 4 heteroatoms. The molecule has 0 aromatic heterocycles. The molecule has 1 saturated heterocycles. The maximum absolute atomic E-state index is 12.2. The Balaban J connectivity index is 1.96. The number of hydrogen-bond donors (Lipinski definition) is 2. The fraction of sp³-hybridized carbons (Fsp3) is 0.471. The number of hydrogen-bond acceptors (Lipinski definition) is 3. The first-order chi connectivity index (χ1) is 10.1. The Bertz CT molecular complexity index is 551. The third-order valence-electron chi connectivity index (χ3n) is 3.81. The molecule has 0 aliphatic carbocycles. The molecule has 1 aromatic rings. The molecule has 1 aliphatic rings. The van der Waals surface area contributed by atoms with E-state index in [0.717, 1.165) is 31.6 Å². The van der Waals surface area contributed by atoms with Crippen molar-refractivity contribution in [1.29, 1.82) is 0 Å². The van der Waals surface area contributed by atoms with Gasteiger partial charge < -0.3 is 15.2 Å². The fourth-order valence-electron chi connectivity index (χ4n) is 2.32. The van der Waals surface area contributed by atoms with Gasteiger partial charge in [0.2, 0.25) is 0 Å². The lowest BCUT2D eigenvalue weighted by Crippen LogP contribution is -2.39. The Morgan fingerprint density at radius 3 is 2.90 bits per heavy atom. The zero-order valence-electron chi connectivity index (χ0n) is 12.3. The first kappa shape index (κ1) is 15.6. The summed E-state index contributed by atoms with van der Waals surface area (Å²) in [7, 11) is 0. The van der Waals surface area contributed by atoms with Gasteiger partial charge in [0.15, 0.2) is 0 Å². The van der Waals surface area contributed by atoms with Crippen molar-refractivity contribution >= 4 is 5.91 Å². The van der Waals surface area contributed by atoms with Gasteiger partial charge in [0.05, 0.1) is 0 Å². The van der Waals surface area contributed by atoms with Crippen LogP contribution in [0.25, 0.3) is 0 Å². The highest BCUT2D eigenvalue weighted by Crippen LogP contribution is 2.28. The van der Waals surface area contributed by atoms with E-state index in [2.05, 4.69) is 24.1 Å². The van der Waals surface area contributed by atoms with Crippen molar-refractivity contribution in [1.82, 2.24) is 5.32 Å². The van der Waals surface area contributed by atoms with Crippen LogP contribution in [0.2, 0.25) is 0 Å². The van der Waals surface area contributed by atoms with E-state index in [0.29, 0.717) is 12.1 Å². The molecular formula is C17H21NO3.